The summed E-state index contributed by atoms with van der Waals surface area (Å²) >= 11 is 0. The molecule has 0 saturated heterocycles. The van der Waals surface area contributed by atoms with Gasteiger partial charge in [-0.3, -0.25) is 4.79 Å². The van der Waals surface area contributed by atoms with Crippen LogP contribution in [0.25, 0.3) is 21.5 Å². The number of anilines is 2. The zero-order valence-electron chi connectivity index (χ0n) is 21.5. The van der Waals surface area contributed by atoms with Gasteiger partial charge in [0.05, 0.1) is 5.56 Å². The summed E-state index contributed by atoms with van der Waals surface area (Å²) in [5.74, 6) is 3.59. The van der Waals surface area contributed by atoms with Crippen molar-refractivity contribution in [3.8, 4) is 0 Å². The predicted molar refractivity (Wildman–Crippen MR) is 159 cm³/mol. The molecule has 5 heterocycles. The molecule has 6 aromatic rings. The number of amidine groups is 2. The van der Waals surface area contributed by atoms with E-state index in [-0.39, 0.29) is 5.78 Å². The lowest BCUT2D eigenvalue weighted by Gasteiger charge is -2.09. The summed E-state index contributed by atoms with van der Waals surface area (Å²) in [7, 11) is 0. The summed E-state index contributed by atoms with van der Waals surface area (Å²) in [4.78, 5) is 43.3. The van der Waals surface area contributed by atoms with Crippen LogP contribution < -0.4 is 16.3 Å². The van der Waals surface area contributed by atoms with E-state index >= 15 is 0 Å². The van der Waals surface area contributed by atoms with Crippen LogP contribution in [0.5, 0.6) is 0 Å². The largest absolute Gasteiger partial charge is 0.327 e. The number of rotatable bonds is 0. The van der Waals surface area contributed by atoms with Gasteiger partial charge in [-0.15, -0.1) is 0 Å². The Morgan fingerprint density at radius 3 is 2.00 bits per heavy atom. The van der Waals surface area contributed by atoms with E-state index in [9.17, 15) is 4.79 Å². The SMILES string of the molecule is O=C1C=CCc2c3[nH]c(c21)N=C1N=C(N=c2[nH]c(c4ccccc24)=Nc2[nH]c(c4ccccc24)N3)c2ccccc21. The fourth-order valence-corrected chi connectivity index (χ4v) is 5.93. The number of nitrogens with one attached hydrogen (secondary N) is 4. The number of carbonyl (C=O) groups excluding carboxylic acids is 1. The lowest BCUT2D eigenvalue weighted by molar-refractivity contribution is 0.104. The van der Waals surface area contributed by atoms with E-state index in [0.717, 1.165) is 44.1 Å². The van der Waals surface area contributed by atoms with Gasteiger partial charge in [0, 0.05) is 38.2 Å². The van der Waals surface area contributed by atoms with Gasteiger partial charge in [-0.1, -0.05) is 78.9 Å². The Morgan fingerprint density at radius 2 is 1.22 bits per heavy atom. The van der Waals surface area contributed by atoms with Crippen LogP contribution in [0, 0.1) is 0 Å². The standard InChI is InChI=1S/C32H20N8O/c41-23-15-7-14-22-24(23)32-39-30-21-13-6-5-12-20(21)28(37-30)35-26-17-9-2-1-8-16(17)25(33-26)34-27-18-10-3-4-11-19(18)29(36-27)38-31(22)40-32/h1-13,15,36,38,40H,14H2,(H,33,34,35,37,39). The number of H-pyrrole nitrogens is 3. The summed E-state index contributed by atoms with van der Waals surface area (Å²) in [6.07, 6.45) is 4.08. The molecule has 9 rings (SSSR count). The van der Waals surface area contributed by atoms with Crippen molar-refractivity contribution in [2.45, 2.75) is 6.42 Å². The third kappa shape index (κ3) is 3.20. The average Bonchev–Trinajstić information content (AvgIpc) is 3.73. The first-order chi connectivity index (χ1) is 20.2. The summed E-state index contributed by atoms with van der Waals surface area (Å²) in [6.45, 7) is 0. The first kappa shape index (κ1) is 22.0. The maximum Gasteiger partial charge on any atom is 0.189 e. The zero-order valence-corrected chi connectivity index (χ0v) is 21.5. The van der Waals surface area contributed by atoms with Crippen LogP contribution in [0.1, 0.15) is 27.0 Å². The van der Waals surface area contributed by atoms with E-state index in [2.05, 4.69) is 20.3 Å². The van der Waals surface area contributed by atoms with Crippen LogP contribution in [-0.4, -0.2) is 32.4 Å². The van der Waals surface area contributed by atoms with Gasteiger partial charge in [-0.05, 0) is 12.5 Å². The maximum atomic E-state index is 13.1. The Hall–Kier alpha value is -5.83. The van der Waals surface area contributed by atoms with Gasteiger partial charge in [0.25, 0.3) is 0 Å². The highest BCUT2D eigenvalue weighted by Crippen LogP contribution is 2.39. The molecule has 2 aliphatic heterocycles. The van der Waals surface area contributed by atoms with Crippen molar-refractivity contribution in [1.29, 1.82) is 0 Å². The van der Waals surface area contributed by atoms with Gasteiger partial charge in [0.2, 0.25) is 0 Å². The molecule has 3 aromatic heterocycles. The molecule has 4 N–H and O–H groups in total. The molecule has 194 valence electrons. The molecule has 9 heteroatoms. The predicted octanol–water partition coefficient (Wildman–Crippen LogP) is 5.44. The molecule has 0 unspecified atom stereocenters. The molecular formula is C32H20N8O. The van der Waals surface area contributed by atoms with Crippen LogP contribution in [0.15, 0.2) is 105 Å². The highest BCUT2D eigenvalue weighted by atomic mass is 16.1. The molecule has 3 aromatic carbocycles. The van der Waals surface area contributed by atoms with E-state index in [4.69, 9.17) is 20.0 Å². The van der Waals surface area contributed by atoms with Gasteiger partial charge < -0.3 is 20.3 Å². The number of hydrogen-bond donors (Lipinski definition) is 4. The van der Waals surface area contributed by atoms with E-state index in [1.54, 1.807) is 6.08 Å². The van der Waals surface area contributed by atoms with Crippen LogP contribution in [0.4, 0.5) is 23.3 Å². The van der Waals surface area contributed by atoms with Crippen molar-refractivity contribution in [2.24, 2.45) is 20.0 Å². The highest BCUT2D eigenvalue weighted by molar-refractivity contribution is 6.23. The first-order valence-corrected chi connectivity index (χ1v) is 13.4. The van der Waals surface area contributed by atoms with Crippen LogP contribution in [0.2, 0.25) is 0 Å². The molecule has 0 radical (unpaired) electrons. The Bertz CT molecular complexity index is 2340. The fourth-order valence-electron chi connectivity index (χ4n) is 5.93. The van der Waals surface area contributed by atoms with Crippen molar-refractivity contribution in [3.63, 3.8) is 0 Å². The quantitative estimate of drug-likeness (QED) is 0.208. The number of carbonyl (C=O) groups is 1. The Labute approximate surface area is 231 Å². The molecule has 0 fully saturated rings. The molecule has 8 bridgehead atoms. The zero-order chi connectivity index (χ0) is 27.1. The van der Waals surface area contributed by atoms with Gasteiger partial charge in [0.1, 0.15) is 34.2 Å². The number of allylic oxidation sites excluding steroid dienone is 2. The highest BCUT2D eigenvalue weighted by Gasteiger charge is 2.27. The van der Waals surface area contributed by atoms with E-state index in [1.807, 2.05) is 78.9 Å². The lowest BCUT2D eigenvalue weighted by Crippen LogP contribution is -2.13. The second kappa shape index (κ2) is 8.09. The summed E-state index contributed by atoms with van der Waals surface area (Å²) in [5, 5.41) is 7.36. The third-order valence-corrected chi connectivity index (χ3v) is 7.82. The number of aromatic nitrogens is 3. The molecule has 41 heavy (non-hydrogen) atoms. The molecule has 0 saturated carbocycles. The number of aromatic amines is 3. The second-order valence-electron chi connectivity index (χ2n) is 10.2. The van der Waals surface area contributed by atoms with E-state index in [0.29, 0.717) is 52.1 Å². The molecular weight excluding hydrogens is 512 g/mol. The minimum Gasteiger partial charge on any atom is -0.327 e. The average molecular weight is 533 g/mol. The topological polar surface area (TPSA) is 126 Å². The van der Waals surface area contributed by atoms with Gasteiger partial charge in [0.15, 0.2) is 17.5 Å². The summed E-state index contributed by atoms with van der Waals surface area (Å²) in [5.41, 5.74) is 4.49. The summed E-state index contributed by atoms with van der Waals surface area (Å²) < 4.78 is 0. The monoisotopic (exact) mass is 532 g/mol. The molecule has 9 nitrogen and oxygen atoms in total. The number of hydrogen-bond acceptors (Lipinski definition) is 6. The van der Waals surface area contributed by atoms with Gasteiger partial charge >= 0.3 is 0 Å². The van der Waals surface area contributed by atoms with Gasteiger partial charge in [-0.2, -0.15) is 0 Å². The number of nitrogens with zero attached hydrogens (tertiary/aromatic N) is 4. The smallest absolute Gasteiger partial charge is 0.189 e. The number of ketones is 1. The molecule has 0 atom stereocenters. The molecule has 0 spiro atoms. The van der Waals surface area contributed by atoms with Crippen molar-refractivity contribution < 1.29 is 4.79 Å². The normalized spacial score (nSPS) is 15.1. The Morgan fingerprint density at radius 1 is 0.585 bits per heavy atom. The second-order valence-corrected chi connectivity index (χ2v) is 10.2. The lowest BCUT2D eigenvalue weighted by atomic mass is 9.99. The Kier molecular flexibility index (Phi) is 4.35. The molecule has 1 aliphatic carbocycles. The fraction of sp³-hybridized carbons (Fsp3) is 0.0312. The minimum atomic E-state index is -0.0925. The van der Waals surface area contributed by atoms with Gasteiger partial charge in [-0.25, -0.2) is 20.0 Å². The molecule has 3 aliphatic rings. The van der Waals surface area contributed by atoms with Crippen molar-refractivity contribution in [1.82, 2.24) is 15.0 Å². The van der Waals surface area contributed by atoms with Crippen molar-refractivity contribution in [2.75, 3.05) is 5.32 Å². The number of fused-ring (bicyclic) bond motifs is 19. The van der Waals surface area contributed by atoms with Crippen LogP contribution >= 0.6 is 0 Å². The minimum absolute atomic E-state index is 0.0925. The maximum absolute atomic E-state index is 13.1. The molecule has 0 amide bonds. The first-order valence-electron chi connectivity index (χ1n) is 13.4. The van der Waals surface area contributed by atoms with E-state index < -0.39 is 0 Å². The van der Waals surface area contributed by atoms with Crippen molar-refractivity contribution >= 4 is 62.3 Å². The van der Waals surface area contributed by atoms with Crippen molar-refractivity contribution in [3.05, 3.63) is 118 Å². The van der Waals surface area contributed by atoms with E-state index in [1.165, 1.54) is 0 Å². The number of benzene rings is 3. The van der Waals surface area contributed by atoms with Crippen LogP contribution in [0.3, 0.4) is 0 Å². The Balaban J connectivity index is 1.41. The number of aliphatic imine (C=N–C) groups is 2. The van der Waals surface area contributed by atoms with Crippen LogP contribution in [-0.2, 0) is 6.42 Å². The summed E-state index contributed by atoms with van der Waals surface area (Å²) in [6, 6.07) is 24.0. The third-order valence-electron chi connectivity index (χ3n) is 7.82.